The van der Waals surface area contributed by atoms with E-state index in [1.54, 1.807) is 26.8 Å². The molecule has 1 aromatic heterocycles. The lowest BCUT2D eigenvalue weighted by atomic mass is 10.0. The Balaban J connectivity index is 2.38. The molecule has 2 rings (SSSR count). The Morgan fingerprint density at radius 1 is 1.22 bits per heavy atom. The number of allylic oxidation sites excluding steroid dienone is 3. The molecule has 0 unspecified atom stereocenters. The number of Topliss-reactive ketones (excluding diaryl/α,β-unsaturated/α-hetero) is 1. The molecule has 0 saturated carbocycles. The number of nitrogens with one attached hydrogen (secondary N) is 1. The summed E-state index contributed by atoms with van der Waals surface area (Å²) in [6, 6.07) is 11.6. The fraction of sp³-hybridized carbons (Fsp3) is 0.227. The molecule has 5 heteroatoms. The van der Waals surface area contributed by atoms with Gasteiger partial charge in [-0.1, -0.05) is 36.4 Å². The van der Waals surface area contributed by atoms with E-state index in [4.69, 9.17) is 4.74 Å². The van der Waals surface area contributed by atoms with Gasteiger partial charge in [0.25, 0.3) is 0 Å². The van der Waals surface area contributed by atoms with Gasteiger partial charge in [0.05, 0.1) is 17.9 Å². The standard InChI is InChI=1S/C22H22N2O3/c1-5-27-22(26)19-15(3)20(24-16(19)4)21(25)18(13-23)12-14(2)11-17-9-7-6-8-10-17/h6-12,24H,5H2,1-4H3/b14-11+,18-12+. The summed E-state index contributed by atoms with van der Waals surface area (Å²) in [5.41, 5.74) is 3.36. The van der Waals surface area contributed by atoms with Crippen LogP contribution in [-0.4, -0.2) is 23.3 Å². The third-order valence-corrected chi connectivity index (χ3v) is 4.08. The molecule has 2 aromatic rings. The van der Waals surface area contributed by atoms with Crippen molar-refractivity contribution in [2.24, 2.45) is 0 Å². The van der Waals surface area contributed by atoms with Gasteiger partial charge in [0.15, 0.2) is 0 Å². The molecule has 0 aliphatic heterocycles. The summed E-state index contributed by atoms with van der Waals surface area (Å²) in [4.78, 5) is 27.9. The Labute approximate surface area is 159 Å². The van der Waals surface area contributed by atoms with Crippen molar-refractivity contribution in [3.8, 4) is 6.07 Å². The molecule has 0 amide bonds. The second-order valence-corrected chi connectivity index (χ2v) is 6.14. The lowest BCUT2D eigenvalue weighted by Gasteiger charge is -2.03. The number of carbonyl (C=O) groups is 2. The zero-order valence-corrected chi connectivity index (χ0v) is 15.9. The van der Waals surface area contributed by atoms with Gasteiger partial charge in [0.1, 0.15) is 11.6 Å². The number of hydrogen-bond acceptors (Lipinski definition) is 4. The number of nitrogens with zero attached hydrogens (tertiary/aromatic N) is 1. The second kappa shape index (κ2) is 8.81. The first-order valence-corrected chi connectivity index (χ1v) is 8.65. The first-order chi connectivity index (χ1) is 12.9. The Bertz CT molecular complexity index is 957. The smallest absolute Gasteiger partial charge is 0.340 e. The van der Waals surface area contributed by atoms with Crippen LogP contribution in [0.5, 0.6) is 0 Å². The molecule has 1 heterocycles. The van der Waals surface area contributed by atoms with E-state index >= 15 is 0 Å². The maximum absolute atomic E-state index is 12.8. The molecule has 138 valence electrons. The number of ether oxygens (including phenoxy) is 1. The van der Waals surface area contributed by atoms with E-state index in [9.17, 15) is 14.9 Å². The average Bonchev–Trinajstić information content (AvgIpc) is 2.94. The van der Waals surface area contributed by atoms with Gasteiger partial charge in [0, 0.05) is 5.69 Å². The van der Waals surface area contributed by atoms with E-state index in [1.807, 2.05) is 49.4 Å². The number of rotatable bonds is 6. The Morgan fingerprint density at radius 2 is 1.89 bits per heavy atom. The van der Waals surface area contributed by atoms with Gasteiger partial charge in [-0.05, 0) is 50.5 Å². The van der Waals surface area contributed by atoms with Crippen molar-refractivity contribution in [3.63, 3.8) is 0 Å². The number of hydrogen-bond donors (Lipinski definition) is 1. The highest BCUT2D eigenvalue weighted by Crippen LogP contribution is 2.22. The van der Waals surface area contributed by atoms with Crippen LogP contribution in [0.2, 0.25) is 0 Å². The van der Waals surface area contributed by atoms with Gasteiger partial charge in [0.2, 0.25) is 5.78 Å². The average molecular weight is 362 g/mol. The van der Waals surface area contributed by atoms with E-state index < -0.39 is 11.8 Å². The molecule has 1 N–H and O–H groups in total. The molecule has 5 nitrogen and oxygen atoms in total. The highest BCUT2D eigenvalue weighted by molar-refractivity contribution is 6.13. The van der Waals surface area contributed by atoms with E-state index in [0.717, 1.165) is 11.1 Å². The number of aromatic nitrogens is 1. The molecule has 1 aromatic carbocycles. The summed E-state index contributed by atoms with van der Waals surface area (Å²) in [6.45, 7) is 7.17. The van der Waals surface area contributed by atoms with Crippen LogP contribution in [0, 0.1) is 25.2 Å². The normalized spacial score (nSPS) is 11.8. The topological polar surface area (TPSA) is 83.0 Å². The fourth-order valence-electron chi connectivity index (χ4n) is 2.85. The molecule has 0 bridgehead atoms. The van der Waals surface area contributed by atoms with Crippen LogP contribution in [0.15, 0.2) is 47.6 Å². The van der Waals surface area contributed by atoms with Gasteiger partial charge < -0.3 is 9.72 Å². The van der Waals surface area contributed by atoms with Crippen molar-refractivity contribution >= 4 is 17.8 Å². The monoisotopic (exact) mass is 362 g/mol. The lowest BCUT2D eigenvalue weighted by molar-refractivity contribution is 0.0525. The number of H-pyrrole nitrogens is 1. The van der Waals surface area contributed by atoms with E-state index in [-0.39, 0.29) is 17.9 Å². The Hall–Kier alpha value is -3.39. The summed E-state index contributed by atoms with van der Waals surface area (Å²) in [5.74, 6) is -0.931. The summed E-state index contributed by atoms with van der Waals surface area (Å²) >= 11 is 0. The molecule has 0 aliphatic rings. The zero-order chi connectivity index (χ0) is 20.0. The number of ketones is 1. The van der Waals surface area contributed by atoms with Crippen molar-refractivity contribution in [1.82, 2.24) is 4.98 Å². The highest BCUT2D eigenvalue weighted by atomic mass is 16.5. The first kappa shape index (κ1) is 19.9. The molecule has 27 heavy (non-hydrogen) atoms. The number of aryl methyl sites for hydroxylation is 1. The van der Waals surface area contributed by atoms with Crippen molar-refractivity contribution in [3.05, 3.63) is 75.6 Å². The maximum Gasteiger partial charge on any atom is 0.340 e. The maximum atomic E-state index is 12.8. The van der Waals surface area contributed by atoms with E-state index in [2.05, 4.69) is 4.98 Å². The van der Waals surface area contributed by atoms with Crippen LogP contribution in [0.3, 0.4) is 0 Å². The third-order valence-electron chi connectivity index (χ3n) is 4.08. The van der Waals surface area contributed by atoms with Crippen molar-refractivity contribution < 1.29 is 14.3 Å². The van der Waals surface area contributed by atoms with Gasteiger partial charge in [-0.2, -0.15) is 5.26 Å². The number of carbonyl (C=O) groups excluding carboxylic acids is 2. The van der Waals surface area contributed by atoms with Gasteiger partial charge >= 0.3 is 5.97 Å². The molecule has 0 aliphatic carbocycles. The molecular weight excluding hydrogens is 340 g/mol. The van der Waals surface area contributed by atoms with Crippen LogP contribution in [0.1, 0.15) is 51.5 Å². The van der Waals surface area contributed by atoms with Crippen LogP contribution in [0.4, 0.5) is 0 Å². The van der Waals surface area contributed by atoms with Crippen molar-refractivity contribution in [2.75, 3.05) is 6.61 Å². The Kier molecular flexibility index (Phi) is 6.51. The minimum Gasteiger partial charge on any atom is -0.462 e. The van der Waals surface area contributed by atoms with Gasteiger partial charge in [-0.25, -0.2) is 4.79 Å². The molecule has 0 fully saturated rings. The number of benzene rings is 1. The summed E-state index contributed by atoms with van der Waals surface area (Å²) < 4.78 is 5.04. The summed E-state index contributed by atoms with van der Waals surface area (Å²) in [6.07, 6.45) is 3.44. The molecule has 0 radical (unpaired) electrons. The summed E-state index contributed by atoms with van der Waals surface area (Å²) in [5, 5.41) is 9.46. The second-order valence-electron chi connectivity index (χ2n) is 6.14. The fourth-order valence-corrected chi connectivity index (χ4v) is 2.85. The van der Waals surface area contributed by atoms with Crippen LogP contribution in [-0.2, 0) is 4.74 Å². The predicted molar refractivity (Wildman–Crippen MR) is 104 cm³/mol. The van der Waals surface area contributed by atoms with Crippen molar-refractivity contribution in [2.45, 2.75) is 27.7 Å². The van der Waals surface area contributed by atoms with Crippen LogP contribution >= 0.6 is 0 Å². The molecule has 0 atom stereocenters. The first-order valence-electron chi connectivity index (χ1n) is 8.65. The minimum absolute atomic E-state index is 0.000519. The van der Waals surface area contributed by atoms with Crippen molar-refractivity contribution in [1.29, 1.82) is 5.26 Å². The van der Waals surface area contributed by atoms with Gasteiger partial charge in [-0.3, -0.25) is 4.79 Å². The zero-order valence-electron chi connectivity index (χ0n) is 15.9. The number of esters is 1. The Morgan fingerprint density at radius 3 is 2.48 bits per heavy atom. The molecule has 0 spiro atoms. The number of aromatic amines is 1. The predicted octanol–water partition coefficient (Wildman–Crippen LogP) is 4.54. The third kappa shape index (κ3) is 4.62. The van der Waals surface area contributed by atoms with E-state index in [1.165, 1.54) is 0 Å². The number of nitriles is 1. The van der Waals surface area contributed by atoms with Gasteiger partial charge in [-0.15, -0.1) is 0 Å². The summed E-state index contributed by atoms with van der Waals surface area (Å²) in [7, 11) is 0. The lowest BCUT2D eigenvalue weighted by Crippen LogP contribution is -2.08. The molecular formula is C22H22N2O3. The quantitative estimate of drug-likeness (QED) is 0.269. The van der Waals surface area contributed by atoms with Crippen LogP contribution in [0.25, 0.3) is 6.08 Å². The largest absolute Gasteiger partial charge is 0.462 e. The van der Waals surface area contributed by atoms with Crippen LogP contribution < -0.4 is 0 Å². The SMILES string of the molecule is CCOC(=O)c1c(C)[nH]c(C(=O)/C(C#N)=C/C(C)=C/c2ccccc2)c1C. The van der Waals surface area contributed by atoms with E-state index in [0.29, 0.717) is 16.8 Å². The highest BCUT2D eigenvalue weighted by Gasteiger charge is 2.24. The molecule has 0 saturated heterocycles. The minimum atomic E-state index is -0.481.